The molecule has 0 amide bonds. The number of benzene rings is 1. The summed E-state index contributed by atoms with van der Waals surface area (Å²) in [5.74, 6) is 0.433. The van der Waals surface area contributed by atoms with E-state index in [-0.39, 0.29) is 17.7 Å². The number of aliphatic hydroxyl groups excluding tert-OH is 1. The van der Waals surface area contributed by atoms with Crippen molar-refractivity contribution >= 4 is 11.3 Å². The minimum atomic E-state index is -0.732. The van der Waals surface area contributed by atoms with Gasteiger partial charge < -0.3 is 15.5 Å². The van der Waals surface area contributed by atoms with Crippen LogP contribution in [0, 0.1) is 0 Å². The molecule has 0 bridgehead atoms. The molecule has 3 N–H and O–H groups in total. The number of anilines is 1. The third-order valence-corrected chi connectivity index (χ3v) is 3.97. The average Bonchev–Trinajstić information content (AvgIpc) is 3.03. The van der Waals surface area contributed by atoms with Gasteiger partial charge in [0, 0.05) is 0 Å². The second-order valence-electron chi connectivity index (χ2n) is 6.21. The van der Waals surface area contributed by atoms with Crippen molar-refractivity contribution < 1.29 is 10.2 Å². The highest BCUT2D eigenvalue weighted by Crippen LogP contribution is 2.25. The zero-order chi connectivity index (χ0) is 17.3. The van der Waals surface area contributed by atoms with Crippen LogP contribution in [0.15, 0.2) is 36.7 Å². The Morgan fingerprint density at radius 1 is 1.12 bits per heavy atom. The Hall–Kier alpha value is -2.67. The third-order valence-electron chi connectivity index (χ3n) is 3.97. The summed E-state index contributed by atoms with van der Waals surface area (Å²) in [5.41, 5.74) is 3.03. The maximum atomic E-state index is 10.5. The number of fused-ring (bicyclic) bond motifs is 1. The summed E-state index contributed by atoms with van der Waals surface area (Å²) in [6.45, 7) is 6.02. The van der Waals surface area contributed by atoms with E-state index in [1.807, 2.05) is 13.0 Å². The molecule has 3 rings (SSSR count). The van der Waals surface area contributed by atoms with Crippen molar-refractivity contribution in [3.05, 3.63) is 47.9 Å². The summed E-state index contributed by atoms with van der Waals surface area (Å²) in [5, 5.41) is 35.7. The van der Waals surface area contributed by atoms with Crippen LogP contribution >= 0.6 is 0 Å². The Morgan fingerprint density at radius 3 is 2.50 bits per heavy atom. The van der Waals surface area contributed by atoms with Gasteiger partial charge in [-0.25, -0.2) is 0 Å². The zero-order valence-electron chi connectivity index (χ0n) is 13.9. The molecule has 0 radical (unpaired) electrons. The van der Waals surface area contributed by atoms with E-state index in [0.717, 1.165) is 16.9 Å². The van der Waals surface area contributed by atoms with Crippen molar-refractivity contribution in [2.45, 2.75) is 38.8 Å². The van der Waals surface area contributed by atoms with Gasteiger partial charge in [-0.2, -0.15) is 9.61 Å². The number of rotatable bonds is 5. The lowest BCUT2D eigenvalue weighted by Crippen LogP contribution is -2.24. The van der Waals surface area contributed by atoms with Crippen molar-refractivity contribution in [1.29, 1.82) is 0 Å². The molecule has 1 aromatic carbocycles. The maximum absolute atomic E-state index is 10.5. The van der Waals surface area contributed by atoms with Gasteiger partial charge in [0.15, 0.2) is 0 Å². The first-order valence-electron chi connectivity index (χ1n) is 7.90. The molecular weight excluding hydrogens is 306 g/mol. The summed E-state index contributed by atoms with van der Waals surface area (Å²) >= 11 is 0. The second kappa shape index (κ2) is 6.45. The predicted octanol–water partition coefficient (Wildman–Crippen LogP) is 2.49. The lowest BCUT2D eigenvalue weighted by Gasteiger charge is -2.22. The topological polar surface area (TPSA) is 95.6 Å². The Morgan fingerprint density at radius 2 is 1.83 bits per heavy atom. The van der Waals surface area contributed by atoms with Crippen LogP contribution in [0.1, 0.15) is 44.1 Å². The van der Waals surface area contributed by atoms with Crippen molar-refractivity contribution in [2.24, 2.45) is 0 Å². The monoisotopic (exact) mass is 327 g/mol. The summed E-state index contributed by atoms with van der Waals surface area (Å²) in [6, 6.07) is 8.21. The molecule has 0 aliphatic carbocycles. The minimum absolute atomic E-state index is 0.174. The van der Waals surface area contributed by atoms with Gasteiger partial charge in [-0.15, -0.1) is 10.2 Å². The molecule has 24 heavy (non-hydrogen) atoms. The number of aromatic nitrogens is 4. The second-order valence-corrected chi connectivity index (χ2v) is 6.21. The van der Waals surface area contributed by atoms with E-state index in [0.29, 0.717) is 5.65 Å². The van der Waals surface area contributed by atoms with E-state index in [1.54, 1.807) is 35.1 Å². The Balaban J connectivity index is 1.88. The summed E-state index contributed by atoms with van der Waals surface area (Å²) in [4.78, 5) is 0. The molecule has 2 aromatic heterocycles. The van der Waals surface area contributed by atoms with Gasteiger partial charge in [0.2, 0.25) is 5.65 Å². The predicted molar refractivity (Wildman–Crippen MR) is 91.0 cm³/mol. The van der Waals surface area contributed by atoms with Gasteiger partial charge in [0.05, 0.1) is 23.5 Å². The number of phenols is 1. The first-order chi connectivity index (χ1) is 11.5. The van der Waals surface area contributed by atoms with Gasteiger partial charge in [0.25, 0.3) is 0 Å². The van der Waals surface area contributed by atoms with Crippen molar-refractivity contribution in [3.63, 3.8) is 0 Å². The highest BCUT2D eigenvalue weighted by molar-refractivity contribution is 5.67. The lowest BCUT2D eigenvalue weighted by molar-refractivity contribution is 0.160. The largest absolute Gasteiger partial charge is 0.508 e. The normalized spacial score (nSPS) is 14.0. The number of aromatic hydroxyl groups is 1. The van der Waals surface area contributed by atoms with E-state index < -0.39 is 6.10 Å². The molecule has 0 unspecified atom stereocenters. The Bertz CT molecular complexity index is 829. The number of hydrogen-bond acceptors (Lipinski definition) is 6. The number of nitrogens with one attached hydrogen (secondary N) is 1. The SMILES string of the molecule is CC(C)c1cc(N[C@H](C)[C@@H](O)c2ccc(O)cc2)c2nncn2n1. The van der Waals surface area contributed by atoms with E-state index in [4.69, 9.17) is 0 Å². The van der Waals surface area contributed by atoms with E-state index in [1.165, 1.54) is 0 Å². The average molecular weight is 327 g/mol. The van der Waals surface area contributed by atoms with E-state index >= 15 is 0 Å². The molecule has 0 saturated heterocycles. The molecule has 0 fully saturated rings. The molecule has 7 nitrogen and oxygen atoms in total. The summed E-state index contributed by atoms with van der Waals surface area (Å²) in [7, 11) is 0. The fourth-order valence-electron chi connectivity index (χ4n) is 2.52. The fourth-order valence-corrected chi connectivity index (χ4v) is 2.52. The fraction of sp³-hybridized carbons (Fsp3) is 0.353. The lowest BCUT2D eigenvalue weighted by atomic mass is 10.0. The highest BCUT2D eigenvalue weighted by Gasteiger charge is 2.19. The van der Waals surface area contributed by atoms with Crippen LogP contribution in [0.25, 0.3) is 5.65 Å². The Kier molecular flexibility index (Phi) is 4.35. The molecule has 2 heterocycles. The molecule has 2 atom stereocenters. The maximum Gasteiger partial charge on any atom is 0.200 e. The molecule has 0 aliphatic rings. The molecule has 0 saturated carbocycles. The first kappa shape index (κ1) is 16.2. The van der Waals surface area contributed by atoms with Crippen LogP contribution in [-0.4, -0.2) is 36.1 Å². The van der Waals surface area contributed by atoms with Gasteiger partial charge in [0.1, 0.15) is 12.1 Å². The number of phenolic OH excluding ortho intramolecular Hbond substituents is 1. The van der Waals surface area contributed by atoms with Gasteiger partial charge in [-0.05, 0) is 36.6 Å². The van der Waals surface area contributed by atoms with Crippen molar-refractivity contribution in [2.75, 3.05) is 5.32 Å². The molecule has 0 spiro atoms. The highest BCUT2D eigenvalue weighted by atomic mass is 16.3. The van der Waals surface area contributed by atoms with Gasteiger partial charge in [-0.1, -0.05) is 26.0 Å². The third kappa shape index (κ3) is 3.16. The standard InChI is InChI=1S/C17H21N5O2/c1-10(2)14-8-15(17-20-18-9-22(17)21-14)19-11(3)16(24)12-4-6-13(23)7-5-12/h4-11,16,19,23-24H,1-3H3/t11-,16-/m1/s1. The number of nitrogens with zero attached hydrogens (tertiary/aromatic N) is 4. The molecule has 0 aliphatic heterocycles. The smallest absolute Gasteiger partial charge is 0.200 e. The minimum Gasteiger partial charge on any atom is -0.508 e. The van der Waals surface area contributed by atoms with E-state index in [2.05, 4.69) is 34.5 Å². The summed E-state index contributed by atoms with van der Waals surface area (Å²) in [6.07, 6.45) is 0.831. The van der Waals surface area contributed by atoms with Crippen LogP contribution < -0.4 is 5.32 Å². The van der Waals surface area contributed by atoms with Crippen LogP contribution in [0.2, 0.25) is 0 Å². The zero-order valence-corrected chi connectivity index (χ0v) is 13.9. The van der Waals surface area contributed by atoms with Crippen LogP contribution in [0.3, 0.4) is 0 Å². The van der Waals surface area contributed by atoms with Crippen molar-refractivity contribution in [3.8, 4) is 5.75 Å². The quantitative estimate of drug-likeness (QED) is 0.666. The summed E-state index contributed by atoms with van der Waals surface area (Å²) < 4.78 is 1.64. The van der Waals surface area contributed by atoms with Crippen LogP contribution in [0.5, 0.6) is 5.75 Å². The number of aliphatic hydroxyl groups is 1. The van der Waals surface area contributed by atoms with Crippen LogP contribution in [-0.2, 0) is 0 Å². The first-order valence-corrected chi connectivity index (χ1v) is 7.90. The molecule has 7 heteroatoms. The molecule has 126 valence electrons. The van der Waals surface area contributed by atoms with Gasteiger partial charge in [-0.3, -0.25) is 0 Å². The number of hydrogen-bond donors (Lipinski definition) is 3. The molecular formula is C17H21N5O2. The van der Waals surface area contributed by atoms with Crippen molar-refractivity contribution in [1.82, 2.24) is 19.8 Å². The Labute approximate surface area is 140 Å². The molecule has 3 aromatic rings. The van der Waals surface area contributed by atoms with Crippen LogP contribution in [0.4, 0.5) is 5.69 Å². The van der Waals surface area contributed by atoms with Gasteiger partial charge >= 0.3 is 0 Å². The van der Waals surface area contributed by atoms with E-state index in [9.17, 15) is 10.2 Å².